The van der Waals surface area contributed by atoms with Crippen LogP contribution in [0, 0.1) is 23.2 Å². The van der Waals surface area contributed by atoms with Gasteiger partial charge in [-0.1, -0.05) is 0 Å². The summed E-state index contributed by atoms with van der Waals surface area (Å²) in [4.78, 5) is 12.1. The Kier molecular flexibility index (Phi) is 4.19. The lowest BCUT2D eigenvalue weighted by Gasteiger charge is -2.56. The number of nitrogens with zero attached hydrogens (tertiary/aromatic N) is 2. The van der Waals surface area contributed by atoms with Crippen molar-refractivity contribution in [1.82, 2.24) is 20.4 Å². The molecule has 4 bridgehead atoms. The van der Waals surface area contributed by atoms with Crippen LogP contribution in [0.25, 0.3) is 0 Å². The number of carbonyl (C=O) groups excluding carboxylic acids is 1. The van der Waals surface area contributed by atoms with Crippen LogP contribution < -0.4 is 10.6 Å². The van der Waals surface area contributed by atoms with E-state index < -0.39 is 11.9 Å². The zero-order valence-corrected chi connectivity index (χ0v) is 14.9. The van der Waals surface area contributed by atoms with Crippen LogP contribution in [0.5, 0.6) is 0 Å². The number of halogens is 3. The predicted octanol–water partition coefficient (Wildman–Crippen LogP) is 3.45. The molecule has 0 atom stereocenters. The fourth-order valence-electron chi connectivity index (χ4n) is 5.89. The number of aryl methyl sites for hydroxylation is 1. The van der Waals surface area contributed by atoms with Gasteiger partial charge in [-0.2, -0.15) is 18.3 Å². The Labute approximate surface area is 150 Å². The molecule has 0 saturated heterocycles. The molecular formula is C18H25F3N4O. The van der Waals surface area contributed by atoms with E-state index in [-0.39, 0.29) is 23.7 Å². The molecule has 144 valence electrons. The van der Waals surface area contributed by atoms with Crippen LogP contribution in [0.3, 0.4) is 0 Å². The van der Waals surface area contributed by atoms with Gasteiger partial charge in [-0.05, 0) is 67.8 Å². The Morgan fingerprint density at radius 1 is 1.19 bits per heavy atom. The Hall–Kier alpha value is -1.73. The zero-order chi connectivity index (χ0) is 18.5. The van der Waals surface area contributed by atoms with Crippen LogP contribution >= 0.6 is 0 Å². The Bertz CT molecular complexity index is 662. The van der Waals surface area contributed by atoms with Crippen molar-refractivity contribution < 1.29 is 18.0 Å². The van der Waals surface area contributed by atoms with Gasteiger partial charge < -0.3 is 10.6 Å². The highest BCUT2D eigenvalue weighted by Crippen LogP contribution is 2.59. The molecule has 4 aliphatic rings. The van der Waals surface area contributed by atoms with Crippen molar-refractivity contribution in [2.75, 3.05) is 6.54 Å². The third-order valence-electron chi connectivity index (χ3n) is 6.44. The minimum atomic E-state index is -4.44. The summed E-state index contributed by atoms with van der Waals surface area (Å²) >= 11 is 0. The lowest BCUT2D eigenvalue weighted by atomic mass is 9.49. The van der Waals surface area contributed by atoms with E-state index in [1.807, 2.05) is 0 Å². The lowest BCUT2D eigenvalue weighted by Crippen LogP contribution is -2.52. The smallest absolute Gasteiger partial charge is 0.338 e. The van der Waals surface area contributed by atoms with E-state index in [1.54, 1.807) is 0 Å². The van der Waals surface area contributed by atoms with Crippen LogP contribution in [-0.2, 0) is 19.8 Å². The van der Waals surface area contributed by atoms with Gasteiger partial charge in [-0.3, -0.25) is 4.68 Å². The number of nitrogens with one attached hydrogen (secondary N) is 2. The number of urea groups is 1. The van der Waals surface area contributed by atoms with Gasteiger partial charge in [0.15, 0.2) is 0 Å². The van der Waals surface area contributed by atoms with Gasteiger partial charge in [-0.15, -0.1) is 0 Å². The number of rotatable bonds is 4. The molecule has 5 nitrogen and oxygen atoms in total. The average molecular weight is 370 g/mol. The van der Waals surface area contributed by atoms with E-state index in [2.05, 4.69) is 15.7 Å². The monoisotopic (exact) mass is 370 g/mol. The summed E-state index contributed by atoms with van der Waals surface area (Å²) in [5, 5.41) is 9.40. The number of carbonyl (C=O) groups is 1. The topological polar surface area (TPSA) is 59.0 Å². The van der Waals surface area contributed by atoms with E-state index in [0.717, 1.165) is 28.5 Å². The highest BCUT2D eigenvalue weighted by atomic mass is 19.4. The van der Waals surface area contributed by atoms with E-state index in [4.69, 9.17) is 0 Å². The highest BCUT2D eigenvalue weighted by molar-refractivity contribution is 5.73. The molecule has 2 amide bonds. The summed E-state index contributed by atoms with van der Waals surface area (Å²) in [5.41, 5.74) is -0.381. The van der Waals surface area contributed by atoms with Gasteiger partial charge in [0.2, 0.25) is 0 Å². The van der Waals surface area contributed by atoms with Crippen molar-refractivity contribution in [2.45, 2.75) is 51.2 Å². The fraction of sp³-hybridized carbons (Fsp3) is 0.778. The number of amides is 2. The molecule has 0 aromatic carbocycles. The zero-order valence-electron chi connectivity index (χ0n) is 14.9. The summed E-state index contributed by atoms with van der Waals surface area (Å²) in [6.45, 7) is 0.648. The summed E-state index contributed by atoms with van der Waals surface area (Å²) < 4.78 is 39.1. The molecule has 4 fully saturated rings. The van der Waals surface area contributed by atoms with Crippen molar-refractivity contribution in [3.8, 4) is 0 Å². The lowest BCUT2D eigenvalue weighted by molar-refractivity contribution is -0.143. The van der Waals surface area contributed by atoms with Gasteiger partial charge in [0.25, 0.3) is 0 Å². The summed E-state index contributed by atoms with van der Waals surface area (Å²) in [5.74, 6) is 2.46. The normalized spacial score (nSPS) is 32.7. The summed E-state index contributed by atoms with van der Waals surface area (Å²) in [6, 6.07) is 0.638. The van der Waals surface area contributed by atoms with Gasteiger partial charge >= 0.3 is 12.2 Å². The van der Waals surface area contributed by atoms with Crippen molar-refractivity contribution >= 4 is 6.03 Å². The number of aromatic nitrogens is 2. The fourth-order valence-corrected chi connectivity index (χ4v) is 5.89. The molecule has 5 rings (SSSR count). The Morgan fingerprint density at radius 2 is 1.77 bits per heavy atom. The first-order chi connectivity index (χ1) is 12.2. The van der Waals surface area contributed by atoms with Crippen LogP contribution in [0.1, 0.15) is 49.9 Å². The second kappa shape index (κ2) is 6.16. The maximum Gasteiger partial charge on any atom is 0.433 e. The molecule has 26 heavy (non-hydrogen) atoms. The molecule has 0 unspecified atom stereocenters. The SMILES string of the molecule is Cn1nc(CNC(=O)NCC23CC4CC(CC(C4)C2)C3)cc1C(F)(F)F. The minimum absolute atomic E-state index is 0.0172. The molecular weight excluding hydrogens is 345 g/mol. The maximum atomic E-state index is 12.8. The van der Waals surface area contributed by atoms with Crippen LogP contribution in [-0.4, -0.2) is 22.4 Å². The van der Waals surface area contributed by atoms with Crippen molar-refractivity contribution in [1.29, 1.82) is 0 Å². The standard InChI is InChI=1S/C18H25F3N4O/c1-25-15(18(19,20)21)5-14(24-25)9-22-16(26)23-10-17-6-11-2-12(7-17)4-13(3-11)8-17/h5,11-13H,2-4,6-10H2,1H3,(H2,22,23,26). The van der Waals surface area contributed by atoms with Gasteiger partial charge in [0.05, 0.1) is 12.2 Å². The second-order valence-corrected chi connectivity index (χ2v) is 8.60. The first-order valence-corrected chi connectivity index (χ1v) is 9.34. The van der Waals surface area contributed by atoms with Crippen LogP contribution in [0.4, 0.5) is 18.0 Å². The van der Waals surface area contributed by atoms with Gasteiger partial charge in [0, 0.05) is 13.6 Å². The molecule has 2 N–H and O–H groups in total. The summed E-state index contributed by atoms with van der Waals surface area (Å²) in [6.07, 6.45) is 3.23. The Morgan fingerprint density at radius 3 is 2.27 bits per heavy atom. The van der Waals surface area contributed by atoms with Crippen LogP contribution in [0.15, 0.2) is 6.07 Å². The molecule has 0 spiro atoms. The van der Waals surface area contributed by atoms with E-state index in [1.165, 1.54) is 45.6 Å². The number of alkyl halides is 3. The molecule has 0 aliphatic heterocycles. The average Bonchev–Trinajstić information content (AvgIpc) is 2.91. The number of hydrogen-bond acceptors (Lipinski definition) is 2. The van der Waals surface area contributed by atoms with Crippen molar-refractivity contribution in [3.63, 3.8) is 0 Å². The second-order valence-electron chi connectivity index (χ2n) is 8.60. The predicted molar refractivity (Wildman–Crippen MR) is 89.1 cm³/mol. The molecule has 4 aliphatic carbocycles. The highest BCUT2D eigenvalue weighted by Gasteiger charge is 2.50. The first kappa shape index (κ1) is 17.7. The van der Waals surface area contributed by atoms with Gasteiger partial charge in [0.1, 0.15) is 5.69 Å². The molecule has 4 saturated carbocycles. The largest absolute Gasteiger partial charge is 0.433 e. The quantitative estimate of drug-likeness (QED) is 0.853. The third-order valence-corrected chi connectivity index (χ3v) is 6.44. The summed E-state index contributed by atoms with van der Waals surface area (Å²) in [7, 11) is 1.25. The van der Waals surface area contributed by atoms with E-state index in [0.29, 0.717) is 6.54 Å². The van der Waals surface area contributed by atoms with Crippen molar-refractivity contribution in [2.24, 2.45) is 30.2 Å². The van der Waals surface area contributed by atoms with E-state index >= 15 is 0 Å². The molecule has 0 radical (unpaired) electrons. The first-order valence-electron chi connectivity index (χ1n) is 9.34. The minimum Gasteiger partial charge on any atom is -0.338 e. The van der Waals surface area contributed by atoms with Gasteiger partial charge in [-0.25, -0.2) is 4.79 Å². The van der Waals surface area contributed by atoms with Crippen LogP contribution in [0.2, 0.25) is 0 Å². The molecule has 1 heterocycles. The molecule has 1 aromatic rings. The molecule has 1 aromatic heterocycles. The Balaban J connectivity index is 1.29. The molecule has 8 heteroatoms. The van der Waals surface area contributed by atoms with E-state index in [9.17, 15) is 18.0 Å². The third kappa shape index (κ3) is 3.42. The maximum absolute atomic E-state index is 12.8. The van der Waals surface area contributed by atoms with Crippen molar-refractivity contribution in [3.05, 3.63) is 17.5 Å². The number of hydrogen-bond donors (Lipinski definition) is 2.